The second-order valence-electron chi connectivity index (χ2n) is 8.20. The quantitative estimate of drug-likeness (QED) is 0.602. The normalized spacial score (nSPS) is 16.6. The molecule has 164 valence electrons. The summed E-state index contributed by atoms with van der Waals surface area (Å²) >= 11 is 1.54. The molecule has 31 heavy (non-hydrogen) atoms. The summed E-state index contributed by atoms with van der Waals surface area (Å²) in [6, 6.07) is 8.34. The molecule has 6 nitrogen and oxygen atoms in total. The van der Waals surface area contributed by atoms with Crippen molar-refractivity contribution < 1.29 is 9.59 Å². The lowest BCUT2D eigenvalue weighted by Crippen LogP contribution is -2.45. The van der Waals surface area contributed by atoms with Crippen molar-refractivity contribution >= 4 is 33.2 Å². The number of aryl methyl sites for hydroxylation is 2. The number of carbonyl (C=O) groups is 2. The van der Waals surface area contributed by atoms with Gasteiger partial charge in [-0.2, -0.15) is 0 Å². The molecule has 1 saturated heterocycles. The average Bonchev–Trinajstić information content (AvgIpc) is 3.37. The van der Waals surface area contributed by atoms with Crippen LogP contribution in [0.25, 0.3) is 10.1 Å². The van der Waals surface area contributed by atoms with Gasteiger partial charge >= 0.3 is 0 Å². The second-order valence-corrected chi connectivity index (χ2v) is 9.25. The van der Waals surface area contributed by atoms with Crippen LogP contribution in [0.15, 0.2) is 36.7 Å². The second kappa shape index (κ2) is 9.64. The number of rotatable bonds is 7. The van der Waals surface area contributed by atoms with Crippen LogP contribution in [0.4, 0.5) is 0 Å². The van der Waals surface area contributed by atoms with Gasteiger partial charge in [0.15, 0.2) is 0 Å². The molecule has 3 aromatic rings. The van der Waals surface area contributed by atoms with Crippen LogP contribution in [0.1, 0.15) is 53.2 Å². The van der Waals surface area contributed by atoms with E-state index < -0.39 is 0 Å². The SMILES string of the molecule is CNC(=O)c1sc2ccccc2c1CC1CCCCN1C(=O)CCCn1ccnc1C. The molecule has 4 rings (SSSR count). The summed E-state index contributed by atoms with van der Waals surface area (Å²) in [6.07, 6.45) is 9.02. The van der Waals surface area contributed by atoms with E-state index in [9.17, 15) is 9.59 Å². The molecule has 3 heterocycles. The van der Waals surface area contributed by atoms with Crippen molar-refractivity contribution in [3.63, 3.8) is 0 Å². The van der Waals surface area contributed by atoms with Crippen molar-refractivity contribution in [3.8, 4) is 0 Å². The first kappa shape index (κ1) is 21.6. The Morgan fingerprint density at radius 2 is 2.10 bits per heavy atom. The van der Waals surface area contributed by atoms with E-state index in [4.69, 9.17) is 0 Å². The van der Waals surface area contributed by atoms with Crippen molar-refractivity contribution in [2.75, 3.05) is 13.6 Å². The van der Waals surface area contributed by atoms with Gasteiger partial charge in [-0.05, 0) is 56.0 Å². The maximum Gasteiger partial charge on any atom is 0.261 e. The first-order valence-electron chi connectivity index (χ1n) is 11.1. The molecule has 1 unspecified atom stereocenters. The summed E-state index contributed by atoms with van der Waals surface area (Å²) in [5, 5.41) is 3.92. The molecule has 2 aromatic heterocycles. The van der Waals surface area contributed by atoms with Gasteiger partial charge in [-0.3, -0.25) is 9.59 Å². The van der Waals surface area contributed by atoms with E-state index in [0.717, 1.165) is 71.5 Å². The third-order valence-corrected chi connectivity index (χ3v) is 7.44. The number of thiophene rings is 1. The van der Waals surface area contributed by atoms with Gasteiger partial charge in [-0.25, -0.2) is 4.98 Å². The molecule has 1 aliphatic rings. The highest BCUT2D eigenvalue weighted by Gasteiger charge is 2.29. The minimum absolute atomic E-state index is 0.0411. The minimum Gasteiger partial charge on any atom is -0.354 e. The summed E-state index contributed by atoms with van der Waals surface area (Å²) in [4.78, 5) is 32.8. The predicted molar refractivity (Wildman–Crippen MR) is 124 cm³/mol. The molecule has 0 radical (unpaired) electrons. The maximum atomic E-state index is 13.1. The number of amides is 2. The van der Waals surface area contributed by atoms with Gasteiger partial charge in [0.05, 0.1) is 4.88 Å². The van der Waals surface area contributed by atoms with E-state index in [0.29, 0.717) is 6.42 Å². The summed E-state index contributed by atoms with van der Waals surface area (Å²) in [7, 11) is 1.68. The van der Waals surface area contributed by atoms with Crippen LogP contribution in [0.2, 0.25) is 0 Å². The highest BCUT2D eigenvalue weighted by Crippen LogP contribution is 2.34. The number of nitrogens with one attached hydrogen (secondary N) is 1. The first-order chi connectivity index (χ1) is 15.1. The highest BCUT2D eigenvalue weighted by atomic mass is 32.1. The molecule has 1 aliphatic heterocycles. The number of carbonyl (C=O) groups excluding carboxylic acids is 2. The molecule has 0 spiro atoms. The topological polar surface area (TPSA) is 67.2 Å². The van der Waals surface area contributed by atoms with E-state index in [-0.39, 0.29) is 17.9 Å². The number of hydrogen-bond donors (Lipinski definition) is 1. The molecule has 1 N–H and O–H groups in total. The lowest BCUT2D eigenvalue weighted by molar-refractivity contribution is -0.135. The number of imidazole rings is 1. The fraction of sp³-hybridized carbons (Fsp3) is 0.458. The Bertz CT molecular complexity index is 1070. The van der Waals surface area contributed by atoms with E-state index in [1.807, 2.05) is 25.3 Å². The number of nitrogens with zero attached hydrogens (tertiary/aromatic N) is 3. The van der Waals surface area contributed by atoms with Gasteiger partial charge in [0.2, 0.25) is 5.91 Å². The third-order valence-electron chi connectivity index (χ3n) is 6.23. The molecular formula is C24H30N4O2S. The Morgan fingerprint density at radius 1 is 1.26 bits per heavy atom. The van der Waals surface area contributed by atoms with E-state index in [2.05, 4.69) is 31.9 Å². The molecular weight excluding hydrogens is 408 g/mol. The Hall–Kier alpha value is -2.67. The van der Waals surface area contributed by atoms with E-state index in [1.165, 1.54) is 0 Å². The number of aromatic nitrogens is 2. The average molecular weight is 439 g/mol. The van der Waals surface area contributed by atoms with Crippen LogP contribution < -0.4 is 5.32 Å². The minimum atomic E-state index is -0.0411. The molecule has 7 heteroatoms. The van der Waals surface area contributed by atoms with Gasteiger partial charge in [0, 0.05) is 49.7 Å². The Morgan fingerprint density at radius 3 is 2.87 bits per heavy atom. The zero-order valence-electron chi connectivity index (χ0n) is 18.3. The van der Waals surface area contributed by atoms with Crippen molar-refractivity contribution in [1.29, 1.82) is 0 Å². The number of benzene rings is 1. The van der Waals surface area contributed by atoms with E-state index >= 15 is 0 Å². The number of hydrogen-bond acceptors (Lipinski definition) is 4. The summed E-state index contributed by atoms with van der Waals surface area (Å²) in [5.41, 5.74) is 1.08. The summed E-state index contributed by atoms with van der Waals surface area (Å²) < 4.78 is 3.22. The fourth-order valence-corrected chi connectivity index (χ4v) is 5.74. The molecule has 1 atom stereocenters. The van der Waals surface area contributed by atoms with Gasteiger partial charge in [-0.1, -0.05) is 18.2 Å². The lowest BCUT2D eigenvalue weighted by Gasteiger charge is -2.36. The maximum absolute atomic E-state index is 13.1. The Kier molecular flexibility index (Phi) is 6.70. The van der Waals surface area contributed by atoms with Crippen molar-refractivity contribution in [2.45, 2.75) is 58.0 Å². The largest absolute Gasteiger partial charge is 0.354 e. The monoisotopic (exact) mass is 438 g/mol. The predicted octanol–water partition coefficient (Wildman–Crippen LogP) is 4.17. The zero-order chi connectivity index (χ0) is 21.8. The molecule has 2 amide bonds. The molecule has 0 saturated carbocycles. The molecule has 1 fully saturated rings. The van der Waals surface area contributed by atoms with Gasteiger partial charge in [0.25, 0.3) is 5.91 Å². The number of fused-ring (bicyclic) bond motifs is 1. The van der Waals surface area contributed by atoms with Crippen molar-refractivity contribution in [1.82, 2.24) is 19.8 Å². The fourth-order valence-electron chi connectivity index (χ4n) is 4.56. The zero-order valence-corrected chi connectivity index (χ0v) is 19.1. The van der Waals surface area contributed by atoms with Crippen LogP contribution in [-0.4, -0.2) is 45.9 Å². The van der Waals surface area contributed by atoms with Crippen LogP contribution >= 0.6 is 11.3 Å². The molecule has 0 bridgehead atoms. The Labute approximate surface area is 187 Å². The third kappa shape index (κ3) is 4.66. The molecule has 1 aromatic carbocycles. The van der Waals surface area contributed by atoms with E-state index in [1.54, 1.807) is 24.6 Å². The smallest absolute Gasteiger partial charge is 0.261 e. The van der Waals surface area contributed by atoms with Crippen LogP contribution in [0.3, 0.4) is 0 Å². The Balaban J connectivity index is 1.49. The number of piperidine rings is 1. The van der Waals surface area contributed by atoms with Crippen molar-refractivity contribution in [2.24, 2.45) is 0 Å². The van der Waals surface area contributed by atoms with Gasteiger partial charge < -0.3 is 14.8 Å². The summed E-state index contributed by atoms with van der Waals surface area (Å²) in [6.45, 7) is 3.61. The standard InChI is InChI=1S/C24H30N4O2S/c1-17-26-12-15-27(17)13-7-11-22(29)28-14-6-5-8-18(28)16-20-19-9-3-4-10-21(19)31-23(20)24(30)25-2/h3-4,9-10,12,15,18H,5-8,11,13-14,16H2,1-2H3,(H,25,30). The van der Waals surface area contributed by atoms with Crippen LogP contribution in [0.5, 0.6) is 0 Å². The number of likely N-dealkylation sites (tertiary alicyclic amines) is 1. The molecule has 0 aliphatic carbocycles. The summed E-state index contributed by atoms with van der Waals surface area (Å²) in [5.74, 6) is 1.17. The van der Waals surface area contributed by atoms with Gasteiger partial charge in [0.1, 0.15) is 5.82 Å². The first-order valence-corrected chi connectivity index (χ1v) is 11.9. The van der Waals surface area contributed by atoms with Crippen LogP contribution in [-0.2, 0) is 17.8 Å². The van der Waals surface area contributed by atoms with Gasteiger partial charge in [-0.15, -0.1) is 11.3 Å². The van der Waals surface area contributed by atoms with Crippen molar-refractivity contribution in [3.05, 3.63) is 52.9 Å². The lowest BCUT2D eigenvalue weighted by atomic mass is 9.93. The highest BCUT2D eigenvalue weighted by molar-refractivity contribution is 7.21. The van der Waals surface area contributed by atoms with Crippen LogP contribution in [0, 0.1) is 6.92 Å².